The fourth-order valence-corrected chi connectivity index (χ4v) is 2.84. The minimum Gasteiger partial charge on any atom is -0.338 e. The van der Waals surface area contributed by atoms with Crippen LogP contribution in [-0.4, -0.2) is 34.7 Å². The number of nitrogens with zero attached hydrogens (tertiary/aromatic N) is 3. The summed E-state index contributed by atoms with van der Waals surface area (Å²) in [5.74, 6) is 1.84. The van der Waals surface area contributed by atoms with Crippen LogP contribution in [0.5, 0.6) is 0 Å². The van der Waals surface area contributed by atoms with Gasteiger partial charge in [0.05, 0.1) is 6.54 Å². The predicted molar refractivity (Wildman–Crippen MR) is 81.8 cm³/mol. The molecular formula is C15H19ClN4O. The van der Waals surface area contributed by atoms with Crippen LogP contribution in [-0.2, 0) is 6.54 Å². The van der Waals surface area contributed by atoms with Crippen LogP contribution in [0.3, 0.4) is 0 Å². The molecule has 1 saturated heterocycles. The molecule has 2 heterocycles. The zero-order valence-electron chi connectivity index (χ0n) is 11.8. The van der Waals surface area contributed by atoms with Crippen molar-refractivity contribution in [2.75, 3.05) is 19.6 Å². The minimum absolute atomic E-state index is 0.581. The Bertz CT molecular complexity index is 584. The molecule has 1 aliphatic heterocycles. The molecule has 1 unspecified atom stereocenters. The van der Waals surface area contributed by atoms with Crippen molar-refractivity contribution < 1.29 is 4.52 Å². The zero-order chi connectivity index (χ0) is 14.7. The SMILES string of the molecule is NCC1CCCN(Cc2nc(-c3ccc(Cl)cc3)no2)C1. The second-order valence-electron chi connectivity index (χ2n) is 5.50. The monoisotopic (exact) mass is 306 g/mol. The van der Waals surface area contributed by atoms with Crippen LogP contribution in [0.15, 0.2) is 28.8 Å². The molecule has 6 heteroatoms. The number of benzene rings is 1. The Morgan fingerprint density at radius 3 is 2.90 bits per heavy atom. The molecule has 21 heavy (non-hydrogen) atoms. The number of hydrogen-bond acceptors (Lipinski definition) is 5. The number of likely N-dealkylation sites (tertiary alicyclic amines) is 1. The molecule has 0 aliphatic carbocycles. The van der Waals surface area contributed by atoms with Crippen LogP contribution >= 0.6 is 11.6 Å². The summed E-state index contributed by atoms with van der Waals surface area (Å²) in [6.45, 7) is 3.51. The van der Waals surface area contributed by atoms with E-state index in [2.05, 4.69) is 15.0 Å². The summed E-state index contributed by atoms with van der Waals surface area (Å²) in [7, 11) is 0. The van der Waals surface area contributed by atoms with E-state index in [4.69, 9.17) is 21.9 Å². The van der Waals surface area contributed by atoms with Crippen molar-refractivity contribution >= 4 is 11.6 Å². The maximum absolute atomic E-state index is 5.88. The van der Waals surface area contributed by atoms with E-state index in [9.17, 15) is 0 Å². The quantitative estimate of drug-likeness (QED) is 0.940. The molecule has 0 saturated carbocycles. The van der Waals surface area contributed by atoms with E-state index in [-0.39, 0.29) is 0 Å². The number of aromatic nitrogens is 2. The second-order valence-corrected chi connectivity index (χ2v) is 5.93. The minimum atomic E-state index is 0.581. The third kappa shape index (κ3) is 3.61. The predicted octanol–water partition coefficient (Wildman–Crippen LogP) is 2.56. The van der Waals surface area contributed by atoms with E-state index >= 15 is 0 Å². The van der Waals surface area contributed by atoms with E-state index in [1.807, 2.05) is 24.3 Å². The lowest BCUT2D eigenvalue weighted by Crippen LogP contribution is -2.37. The van der Waals surface area contributed by atoms with Crippen molar-refractivity contribution in [3.63, 3.8) is 0 Å². The molecule has 0 radical (unpaired) electrons. The van der Waals surface area contributed by atoms with Crippen LogP contribution in [0.2, 0.25) is 5.02 Å². The molecule has 2 aromatic rings. The summed E-state index contributed by atoms with van der Waals surface area (Å²) >= 11 is 5.88. The molecule has 2 N–H and O–H groups in total. The Morgan fingerprint density at radius 2 is 2.14 bits per heavy atom. The molecule has 112 valence electrons. The molecule has 0 bridgehead atoms. The van der Waals surface area contributed by atoms with Crippen molar-refractivity contribution in [1.29, 1.82) is 0 Å². The summed E-state index contributed by atoms with van der Waals surface area (Å²) in [4.78, 5) is 6.79. The van der Waals surface area contributed by atoms with Crippen LogP contribution in [0.1, 0.15) is 18.7 Å². The lowest BCUT2D eigenvalue weighted by molar-refractivity contribution is 0.153. The second kappa shape index (κ2) is 6.56. The maximum Gasteiger partial charge on any atom is 0.241 e. The topological polar surface area (TPSA) is 68.2 Å². The van der Waals surface area contributed by atoms with E-state index in [0.717, 1.165) is 25.2 Å². The van der Waals surface area contributed by atoms with Crippen LogP contribution in [0.4, 0.5) is 0 Å². The largest absolute Gasteiger partial charge is 0.338 e. The van der Waals surface area contributed by atoms with Gasteiger partial charge in [0.2, 0.25) is 11.7 Å². The molecule has 1 aliphatic rings. The first-order valence-corrected chi connectivity index (χ1v) is 7.63. The Morgan fingerprint density at radius 1 is 1.33 bits per heavy atom. The molecule has 0 spiro atoms. The first-order chi connectivity index (χ1) is 10.2. The summed E-state index contributed by atoms with van der Waals surface area (Å²) in [5.41, 5.74) is 6.67. The van der Waals surface area contributed by atoms with Gasteiger partial charge in [0.15, 0.2) is 0 Å². The average molecular weight is 307 g/mol. The zero-order valence-corrected chi connectivity index (χ0v) is 12.6. The third-order valence-corrected chi connectivity index (χ3v) is 4.12. The van der Waals surface area contributed by atoms with Crippen molar-refractivity contribution in [2.24, 2.45) is 11.7 Å². The first-order valence-electron chi connectivity index (χ1n) is 7.25. The van der Waals surface area contributed by atoms with E-state index < -0.39 is 0 Å². The van der Waals surface area contributed by atoms with E-state index in [1.165, 1.54) is 12.8 Å². The Balaban J connectivity index is 1.66. The lowest BCUT2D eigenvalue weighted by atomic mass is 9.98. The van der Waals surface area contributed by atoms with Crippen molar-refractivity contribution in [2.45, 2.75) is 19.4 Å². The van der Waals surface area contributed by atoms with Gasteiger partial charge in [-0.05, 0) is 56.1 Å². The number of hydrogen-bond donors (Lipinski definition) is 1. The van der Waals surface area contributed by atoms with Crippen LogP contribution < -0.4 is 5.73 Å². The first kappa shape index (κ1) is 14.5. The highest BCUT2D eigenvalue weighted by Gasteiger charge is 2.20. The van der Waals surface area contributed by atoms with Crippen LogP contribution in [0.25, 0.3) is 11.4 Å². The summed E-state index contributed by atoms with van der Waals surface area (Å²) in [6.07, 6.45) is 2.40. The lowest BCUT2D eigenvalue weighted by Gasteiger charge is -2.30. The molecule has 1 aromatic carbocycles. The average Bonchev–Trinajstić information content (AvgIpc) is 2.96. The van der Waals surface area contributed by atoms with Gasteiger partial charge in [-0.1, -0.05) is 16.8 Å². The Kier molecular flexibility index (Phi) is 4.53. The molecule has 0 amide bonds. The molecule has 1 atom stereocenters. The summed E-state index contributed by atoms with van der Waals surface area (Å²) < 4.78 is 5.35. The fraction of sp³-hybridized carbons (Fsp3) is 0.467. The molecular weight excluding hydrogens is 288 g/mol. The Labute approximate surface area is 129 Å². The summed E-state index contributed by atoms with van der Waals surface area (Å²) in [5, 5.41) is 4.74. The molecule has 1 fully saturated rings. The van der Waals surface area contributed by atoms with Crippen LogP contribution in [0, 0.1) is 5.92 Å². The van der Waals surface area contributed by atoms with Gasteiger partial charge in [-0.2, -0.15) is 4.98 Å². The van der Waals surface area contributed by atoms with E-state index in [0.29, 0.717) is 29.2 Å². The number of piperidine rings is 1. The molecule has 5 nitrogen and oxygen atoms in total. The van der Waals surface area contributed by atoms with Gasteiger partial charge in [0, 0.05) is 17.1 Å². The van der Waals surface area contributed by atoms with Gasteiger partial charge < -0.3 is 10.3 Å². The standard InChI is InChI=1S/C15H19ClN4O/c16-13-5-3-12(4-6-13)15-18-14(21-19-15)10-20-7-1-2-11(8-17)9-20/h3-6,11H,1-2,7-10,17H2. The molecule has 3 rings (SSSR count). The van der Waals surface area contributed by atoms with Crippen molar-refractivity contribution in [1.82, 2.24) is 15.0 Å². The van der Waals surface area contributed by atoms with Gasteiger partial charge in [-0.15, -0.1) is 0 Å². The Hall–Kier alpha value is -1.43. The van der Waals surface area contributed by atoms with Gasteiger partial charge in [-0.25, -0.2) is 0 Å². The maximum atomic E-state index is 5.88. The van der Waals surface area contributed by atoms with Crippen molar-refractivity contribution in [3.05, 3.63) is 35.2 Å². The van der Waals surface area contributed by atoms with Crippen molar-refractivity contribution in [3.8, 4) is 11.4 Å². The number of halogens is 1. The van der Waals surface area contributed by atoms with E-state index in [1.54, 1.807) is 0 Å². The summed E-state index contributed by atoms with van der Waals surface area (Å²) in [6, 6.07) is 7.43. The number of nitrogens with two attached hydrogens (primary N) is 1. The third-order valence-electron chi connectivity index (χ3n) is 3.87. The highest BCUT2D eigenvalue weighted by Crippen LogP contribution is 2.20. The fourth-order valence-electron chi connectivity index (χ4n) is 2.71. The van der Waals surface area contributed by atoms with Gasteiger partial charge in [-0.3, -0.25) is 4.90 Å². The smallest absolute Gasteiger partial charge is 0.241 e. The molecule has 1 aromatic heterocycles. The van der Waals surface area contributed by atoms with Gasteiger partial charge >= 0.3 is 0 Å². The highest BCUT2D eigenvalue weighted by molar-refractivity contribution is 6.30. The normalized spacial score (nSPS) is 19.8. The van der Waals surface area contributed by atoms with Gasteiger partial charge in [0.25, 0.3) is 0 Å². The van der Waals surface area contributed by atoms with Gasteiger partial charge in [0.1, 0.15) is 0 Å². The number of rotatable bonds is 4. The highest BCUT2D eigenvalue weighted by atomic mass is 35.5.